The second-order valence-corrected chi connectivity index (χ2v) is 5.45. The van der Waals surface area contributed by atoms with Crippen LogP contribution in [0.15, 0.2) is 60.7 Å². The average Bonchev–Trinajstić information content (AvgIpc) is 2.67. The van der Waals surface area contributed by atoms with Crippen molar-refractivity contribution in [1.29, 1.82) is 0 Å². The zero-order chi connectivity index (χ0) is 22.3. The molecule has 10 heteroatoms. The van der Waals surface area contributed by atoms with E-state index in [-0.39, 0.29) is 11.5 Å². The zero-order valence-corrected chi connectivity index (χ0v) is 14.9. The number of rotatable bonds is 7. The number of carboxylic acids is 2. The third kappa shape index (κ3) is 6.09. The number of halogens is 2. The fourth-order valence-corrected chi connectivity index (χ4v) is 2.07. The molecule has 0 atom stereocenters. The Labute approximate surface area is 167 Å². The highest BCUT2D eigenvalue weighted by Gasteiger charge is 2.15. The summed E-state index contributed by atoms with van der Waals surface area (Å²) < 4.78 is 35.8. The number of carbonyl (C=O) groups is 4. The third-order valence-corrected chi connectivity index (χ3v) is 3.34. The van der Waals surface area contributed by atoms with E-state index in [0.29, 0.717) is 12.1 Å². The molecule has 2 N–H and O–H groups in total. The molecule has 0 amide bonds. The summed E-state index contributed by atoms with van der Waals surface area (Å²) in [5.74, 6) is -7.40. The molecule has 2 rings (SSSR count). The van der Waals surface area contributed by atoms with Gasteiger partial charge in [-0.2, -0.15) is 0 Å². The Balaban J connectivity index is 1.99. The summed E-state index contributed by atoms with van der Waals surface area (Å²) in [7, 11) is 0. The van der Waals surface area contributed by atoms with E-state index in [1.54, 1.807) is 0 Å². The maximum absolute atomic E-state index is 13.1. The molecule has 2 aromatic carbocycles. The first-order valence-corrected chi connectivity index (χ1v) is 8.01. The van der Waals surface area contributed by atoms with Gasteiger partial charge in [0.15, 0.2) is 0 Å². The Kier molecular flexibility index (Phi) is 7.12. The van der Waals surface area contributed by atoms with Crippen LogP contribution in [0.3, 0.4) is 0 Å². The molecule has 0 aliphatic heterocycles. The van der Waals surface area contributed by atoms with Crippen molar-refractivity contribution in [2.75, 3.05) is 0 Å². The van der Waals surface area contributed by atoms with E-state index in [2.05, 4.69) is 0 Å². The first-order chi connectivity index (χ1) is 14.2. The SMILES string of the molecule is O=C(/C=C/C=C/C(=O)Oc1ccc(F)cc1C(=O)O)Oc1ccc(F)cc1C(=O)O. The minimum atomic E-state index is -1.49. The molecule has 2 aromatic rings. The van der Waals surface area contributed by atoms with Gasteiger partial charge in [-0.25, -0.2) is 28.0 Å². The van der Waals surface area contributed by atoms with Gasteiger partial charge < -0.3 is 19.7 Å². The van der Waals surface area contributed by atoms with Crippen molar-refractivity contribution < 1.29 is 47.6 Å². The quantitative estimate of drug-likeness (QED) is 0.304. The standard InChI is InChI=1S/C20H12F2O8/c21-11-5-7-15(13(9-11)19(25)26)29-17(23)3-1-2-4-18(24)30-16-8-6-12(22)10-14(16)20(27)28/h1-10H,(H,25,26)(H,27,28)/b3-1+,4-2+. The number of allylic oxidation sites excluding steroid dienone is 2. The van der Waals surface area contributed by atoms with Gasteiger partial charge in [-0.1, -0.05) is 12.2 Å². The van der Waals surface area contributed by atoms with Crippen LogP contribution in [-0.2, 0) is 9.59 Å². The molecule has 0 spiro atoms. The van der Waals surface area contributed by atoms with Crippen LogP contribution in [0.4, 0.5) is 8.78 Å². The number of hydrogen-bond donors (Lipinski definition) is 2. The van der Waals surface area contributed by atoms with Crippen molar-refractivity contribution >= 4 is 23.9 Å². The maximum atomic E-state index is 13.1. The second-order valence-electron chi connectivity index (χ2n) is 5.45. The van der Waals surface area contributed by atoms with Crippen LogP contribution in [-0.4, -0.2) is 34.1 Å². The molecule has 0 aromatic heterocycles. The lowest BCUT2D eigenvalue weighted by molar-refractivity contribution is -0.130. The maximum Gasteiger partial charge on any atom is 0.339 e. The predicted molar refractivity (Wildman–Crippen MR) is 96.3 cm³/mol. The van der Waals surface area contributed by atoms with Crippen LogP contribution in [0.1, 0.15) is 20.7 Å². The molecular weight excluding hydrogens is 406 g/mol. The van der Waals surface area contributed by atoms with Crippen LogP contribution in [0.2, 0.25) is 0 Å². The lowest BCUT2D eigenvalue weighted by Crippen LogP contribution is -2.09. The molecule has 154 valence electrons. The third-order valence-electron chi connectivity index (χ3n) is 3.34. The molecule has 0 radical (unpaired) electrons. The zero-order valence-electron chi connectivity index (χ0n) is 14.9. The van der Waals surface area contributed by atoms with Crippen LogP contribution in [0, 0.1) is 11.6 Å². The topological polar surface area (TPSA) is 127 Å². The molecular formula is C20H12F2O8. The van der Waals surface area contributed by atoms with Crippen molar-refractivity contribution in [3.63, 3.8) is 0 Å². The molecule has 0 saturated carbocycles. The highest BCUT2D eigenvalue weighted by atomic mass is 19.1. The Hall–Kier alpha value is -4.34. The number of hydrogen-bond acceptors (Lipinski definition) is 6. The number of esters is 2. The highest BCUT2D eigenvalue weighted by molar-refractivity contribution is 5.94. The average molecular weight is 418 g/mol. The van der Waals surface area contributed by atoms with Gasteiger partial charge in [-0.3, -0.25) is 0 Å². The van der Waals surface area contributed by atoms with Gasteiger partial charge in [-0.05, 0) is 36.4 Å². The van der Waals surface area contributed by atoms with E-state index in [9.17, 15) is 28.0 Å². The molecule has 0 aliphatic carbocycles. The highest BCUT2D eigenvalue weighted by Crippen LogP contribution is 2.21. The molecule has 0 fully saturated rings. The monoisotopic (exact) mass is 418 g/mol. The van der Waals surface area contributed by atoms with Crippen LogP contribution < -0.4 is 9.47 Å². The van der Waals surface area contributed by atoms with Gasteiger partial charge in [0.05, 0.1) is 0 Å². The van der Waals surface area contributed by atoms with E-state index in [0.717, 1.165) is 48.6 Å². The number of carbonyl (C=O) groups excluding carboxylic acids is 2. The van der Waals surface area contributed by atoms with Crippen LogP contribution in [0.5, 0.6) is 11.5 Å². The molecule has 0 heterocycles. The largest absolute Gasteiger partial charge is 0.478 e. The minimum Gasteiger partial charge on any atom is -0.478 e. The summed E-state index contributed by atoms with van der Waals surface area (Å²) in [4.78, 5) is 45.5. The summed E-state index contributed by atoms with van der Waals surface area (Å²) in [6.45, 7) is 0. The lowest BCUT2D eigenvalue weighted by atomic mass is 10.2. The lowest BCUT2D eigenvalue weighted by Gasteiger charge is -2.05. The molecule has 0 unspecified atom stereocenters. The van der Waals surface area contributed by atoms with Gasteiger partial charge in [-0.15, -0.1) is 0 Å². The van der Waals surface area contributed by atoms with Crippen LogP contribution in [0.25, 0.3) is 0 Å². The molecule has 0 bridgehead atoms. The normalized spacial score (nSPS) is 10.9. The molecule has 30 heavy (non-hydrogen) atoms. The Morgan fingerprint density at radius 3 is 1.40 bits per heavy atom. The Bertz CT molecular complexity index is 987. The van der Waals surface area contributed by atoms with E-state index in [1.807, 2.05) is 0 Å². The minimum absolute atomic E-state index is 0.376. The van der Waals surface area contributed by atoms with Gasteiger partial charge in [0, 0.05) is 12.2 Å². The summed E-state index contributed by atoms with van der Waals surface area (Å²) in [5, 5.41) is 17.9. The van der Waals surface area contributed by atoms with E-state index < -0.39 is 46.6 Å². The summed E-state index contributed by atoms with van der Waals surface area (Å²) in [6, 6.07) is 5.14. The fraction of sp³-hybridized carbons (Fsp3) is 0. The van der Waals surface area contributed by atoms with Gasteiger partial charge in [0.1, 0.15) is 34.3 Å². The van der Waals surface area contributed by atoms with Crippen molar-refractivity contribution in [2.24, 2.45) is 0 Å². The molecule has 8 nitrogen and oxygen atoms in total. The fourth-order valence-electron chi connectivity index (χ4n) is 2.07. The van der Waals surface area contributed by atoms with Gasteiger partial charge in [0.2, 0.25) is 0 Å². The summed E-state index contributed by atoms with van der Waals surface area (Å²) in [6.07, 6.45) is 3.82. The van der Waals surface area contributed by atoms with Crippen molar-refractivity contribution in [3.05, 3.63) is 83.5 Å². The molecule has 0 saturated heterocycles. The van der Waals surface area contributed by atoms with Gasteiger partial charge >= 0.3 is 23.9 Å². The van der Waals surface area contributed by atoms with Gasteiger partial charge in [0.25, 0.3) is 0 Å². The van der Waals surface area contributed by atoms with Crippen LogP contribution >= 0.6 is 0 Å². The number of aromatic carboxylic acids is 2. The number of ether oxygens (including phenoxy) is 2. The Morgan fingerprint density at radius 2 is 1.07 bits per heavy atom. The summed E-state index contributed by atoms with van der Waals surface area (Å²) >= 11 is 0. The number of benzene rings is 2. The smallest absolute Gasteiger partial charge is 0.339 e. The van der Waals surface area contributed by atoms with Crippen molar-refractivity contribution in [1.82, 2.24) is 0 Å². The summed E-state index contributed by atoms with van der Waals surface area (Å²) in [5.41, 5.74) is -1.10. The van der Waals surface area contributed by atoms with E-state index in [1.165, 1.54) is 0 Å². The predicted octanol–water partition coefficient (Wildman–Crippen LogP) is 2.98. The van der Waals surface area contributed by atoms with E-state index >= 15 is 0 Å². The second kappa shape index (κ2) is 9.73. The molecule has 0 aliphatic rings. The Morgan fingerprint density at radius 1 is 0.700 bits per heavy atom. The first kappa shape index (κ1) is 22.0. The first-order valence-electron chi connectivity index (χ1n) is 8.01. The number of carboxylic acid groups (broad SMARTS) is 2. The van der Waals surface area contributed by atoms with E-state index in [4.69, 9.17) is 19.7 Å². The van der Waals surface area contributed by atoms with Crippen molar-refractivity contribution in [3.8, 4) is 11.5 Å². The van der Waals surface area contributed by atoms with Crippen molar-refractivity contribution in [2.45, 2.75) is 0 Å².